The van der Waals surface area contributed by atoms with Crippen LogP contribution in [0.4, 0.5) is 0 Å². The van der Waals surface area contributed by atoms with Crippen LogP contribution in [0.15, 0.2) is 28.7 Å². The van der Waals surface area contributed by atoms with Crippen LogP contribution >= 0.6 is 0 Å². The molecule has 82 valence electrons. The van der Waals surface area contributed by atoms with E-state index in [2.05, 4.69) is 5.32 Å². The summed E-state index contributed by atoms with van der Waals surface area (Å²) in [7, 11) is 0. The Kier molecular flexibility index (Phi) is 2.07. The van der Waals surface area contributed by atoms with Crippen LogP contribution in [0.1, 0.15) is 16.1 Å². The van der Waals surface area contributed by atoms with Crippen molar-refractivity contribution in [3.63, 3.8) is 0 Å². The van der Waals surface area contributed by atoms with Crippen LogP contribution in [0.2, 0.25) is 0 Å². The quantitative estimate of drug-likeness (QED) is 0.780. The van der Waals surface area contributed by atoms with Crippen molar-refractivity contribution in [1.82, 2.24) is 5.32 Å². The van der Waals surface area contributed by atoms with Gasteiger partial charge in [0.15, 0.2) is 5.76 Å². The van der Waals surface area contributed by atoms with Gasteiger partial charge in [0.1, 0.15) is 5.58 Å². The number of carbonyl (C=O) groups is 1. The van der Waals surface area contributed by atoms with Gasteiger partial charge in [-0.2, -0.15) is 0 Å². The molecule has 0 unspecified atom stereocenters. The molecule has 1 aromatic carbocycles. The minimum atomic E-state index is 0.0988. The van der Waals surface area contributed by atoms with Crippen molar-refractivity contribution in [2.24, 2.45) is 5.92 Å². The van der Waals surface area contributed by atoms with E-state index in [-0.39, 0.29) is 11.7 Å². The second-order valence-electron chi connectivity index (χ2n) is 4.37. The van der Waals surface area contributed by atoms with E-state index in [4.69, 9.17) is 4.42 Å². The van der Waals surface area contributed by atoms with E-state index in [9.17, 15) is 4.79 Å². The maximum Gasteiger partial charge on any atom is 0.203 e. The zero-order chi connectivity index (χ0) is 11.1. The Morgan fingerprint density at radius 3 is 2.88 bits per heavy atom. The summed E-state index contributed by atoms with van der Waals surface area (Å²) in [4.78, 5) is 11.9. The van der Waals surface area contributed by atoms with Crippen molar-refractivity contribution in [3.05, 3.63) is 35.6 Å². The lowest BCUT2D eigenvalue weighted by Gasteiger charge is -2.24. The third kappa shape index (κ3) is 1.44. The van der Waals surface area contributed by atoms with Crippen molar-refractivity contribution in [2.75, 3.05) is 13.1 Å². The SMILES string of the molecule is Cc1ccc2oc(C(=O)C3CNC3)cc2c1. The van der Waals surface area contributed by atoms with E-state index in [1.165, 1.54) is 5.56 Å². The van der Waals surface area contributed by atoms with Crippen LogP contribution in [0.25, 0.3) is 11.0 Å². The van der Waals surface area contributed by atoms with Crippen LogP contribution in [0.5, 0.6) is 0 Å². The fourth-order valence-electron chi connectivity index (χ4n) is 1.96. The molecule has 0 aliphatic carbocycles. The number of hydrogen-bond acceptors (Lipinski definition) is 3. The predicted octanol–water partition coefficient (Wildman–Crippen LogP) is 2.14. The van der Waals surface area contributed by atoms with E-state index in [1.807, 2.05) is 31.2 Å². The minimum absolute atomic E-state index is 0.0988. The first kappa shape index (κ1) is 9.60. The Labute approximate surface area is 93.4 Å². The third-order valence-electron chi connectivity index (χ3n) is 3.07. The fraction of sp³-hybridized carbons (Fsp3) is 0.308. The Balaban J connectivity index is 2.01. The number of aryl methyl sites for hydroxylation is 1. The summed E-state index contributed by atoms with van der Waals surface area (Å²) in [6, 6.07) is 7.79. The highest BCUT2D eigenvalue weighted by atomic mass is 16.3. The van der Waals surface area contributed by atoms with E-state index >= 15 is 0 Å². The molecule has 16 heavy (non-hydrogen) atoms. The van der Waals surface area contributed by atoms with Crippen LogP contribution in [0.3, 0.4) is 0 Å². The second-order valence-corrected chi connectivity index (χ2v) is 4.37. The van der Waals surface area contributed by atoms with E-state index < -0.39 is 0 Å². The van der Waals surface area contributed by atoms with Crippen LogP contribution in [-0.2, 0) is 0 Å². The number of furan rings is 1. The molecule has 2 aromatic rings. The molecule has 1 fully saturated rings. The topological polar surface area (TPSA) is 42.2 Å². The highest BCUT2D eigenvalue weighted by molar-refractivity contribution is 5.99. The molecular formula is C13H13NO2. The molecule has 0 atom stereocenters. The van der Waals surface area contributed by atoms with Gasteiger partial charge in [-0.3, -0.25) is 4.79 Å². The highest BCUT2D eigenvalue weighted by Gasteiger charge is 2.28. The molecule has 1 N–H and O–H groups in total. The molecule has 0 amide bonds. The lowest BCUT2D eigenvalue weighted by molar-refractivity contribution is 0.0851. The summed E-state index contributed by atoms with van der Waals surface area (Å²) >= 11 is 0. The van der Waals surface area contributed by atoms with Gasteiger partial charge in [0.25, 0.3) is 0 Å². The van der Waals surface area contributed by atoms with E-state index in [0.29, 0.717) is 5.76 Å². The normalized spacial score (nSPS) is 16.3. The summed E-state index contributed by atoms with van der Waals surface area (Å²) in [5.41, 5.74) is 1.97. The van der Waals surface area contributed by atoms with Crippen LogP contribution in [0, 0.1) is 12.8 Å². The number of nitrogens with one attached hydrogen (secondary N) is 1. The molecule has 3 rings (SSSR count). The Hall–Kier alpha value is -1.61. The predicted molar refractivity (Wildman–Crippen MR) is 61.6 cm³/mol. The third-order valence-corrected chi connectivity index (χ3v) is 3.07. The number of rotatable bonds is 2. The van der Waals surface area contributed by atoms with Gasteiger partial charge in [-0.05, 0) is 25.1 Å². The maximum atomic E-state index is 11.9. The summed E-state index contributed by atoms with van der Waals surface area (Å²) < 4.78 is 5.56. The van der Waals surface area contributed by atoms with Crippen molar-refractivity contribution in [2.45, 2.75) is 6.92 Å². The average Bonchev–Trinajstić information content (AvgIpc) is 2.57. The molecule has 3 heteroatoms. The molecule has 1 aliphatic rings. The number of carbonyl (C=O) groups excluding carboxylic acids is 1. The molecule has 3 nitrogen and oxygen atoms in total. The summed E-state index contributed by atoms with van der Waals surface area (Å²) in [6.07, 6.45) is 0. The lowest BCUT2D eigenvalue weighted by Crippen LogP contribution is -2.46. The standard InChI is InChI=1S/C13H13NO2/c1-8-2-3-11-9(4-8)5-12(16-11)13(15)10-6-14-7-10/h2-5,10,14H,6-7H2,1H3. The molecule has 2 heterocycles. The van der Waals surface area contributed by atoms with Gasteiger partial charge < -0.3 is 9.73 Å². The van der Waals surface area contributed by atoms with Crippen molar-refractivity contribution in [3.8, 4) is 0 Å². The van der Waals surface area contributed by atoms with Crippen molar-refractivity contribution < 1.29 is 9.21 Å². The Morgan fingerprint density at radius 2 is 2.19 bits per heavy atom. The zero-order valence-corrected chi connectivity index (χ0v) is 9.12. The van der Waals surface area contributed by atoms with Gasteiger partial charge in [0.05, 0.1) is 5.92 Å². The molecule has 0 radical (unpaired) electrons. The fourth-order valence-corrected chi connectivity index (χ4v) is 1.96. The van der Waals surface area contributed by atoms with Crippen molar-refractivity contribution >= 4 is 16.8 Å². The van der Waals surface area contributed by atoms with E-state index in [1.54, 1.807) is 0 Å². The van der Waals surface area contributed by atoms with E-state index in [0.717, 1.165) is 24.1 Å². The molecule has 0 bridgehead atoms. The zero-order valence-electron chi connectivity index (χ0n) is 9.12. The molecular weight excluding hydrogens is 202 g/mol. The number of ketones is 1. The minimum Gasteiger partial charge on any atom is -0.453 e. The highest BCUT2D eigenvalue weighted by Crippen LogP contribution is 2.23. The molecule has 1 saturated heterocycles. The molecule has 0 spiro atoms. The Bertz CT molecular complexity index is 552. The number of Topliss-reactive ketones (excluding diaryl/α,β-unsaturated/α-hetero) is 1. The van der Waals surface area contributed by atoms with Crippen LogP contribution < -0.4 is 5.32 Å². The number of hydrogen-bond donors (Lipinski definition) is 1. The largest absolute Gasteiger partial charge is 0.453 e. The molecule has 0 saturated carbocycles. The number of fused-ring (bicyclic) bond motifs is 1. The van der Waals surface area contributed by atoms with Gasteiger partial charge in [-0.1, -0.05) is 11.6 Å². The van der Waals surface area contributed by atoms with Crippen LogP contribution in [-0.4, -0.2) is 18.9 Å². The molecule has 1 aliphatic heterocycles. The molecule has 1 aromatic heterocycles. The maximum absolute atomic E-state index is 11.9. The van der Waals surface area contributed by atoms with Gasteiger partial charge >= 0.3 is 0 Å². The first-order valence-electron chi connectivity index (χ1n) is 5.49. The first-order valence-corrected chi connectivity index (χ1v) is 5.49. The van der Waals surface area contributed by atoms with Crippen molar-refractivity contribution in [1.29, 1.82) is 0 Å². The summed E-state index contributed by atoms with van der Waals surface area (Å²) in [6.45, 7) is 3.58. The average molecular weight is 215 g/mol. The monoisotopic (exact) mass is 215 g/mol. The second kappa shape index (κ2) is 3.46. The smallest absolute Gasteiger partial charge is 0.203 e. The number of benzene rings is 1. The van der Waals surface area contributed by atoms with Gasteiger partial charge in [0.2, 0.25) is 5.78 Å². The Morgan fingerprint density at radius 1 is 1.38 bits per heavy atom. The summed E-state index contributed by atoms with van der Waals surface area (Å²) in [5, 5.41) is 4.10. The van der Waals surface area contributed by atoms with Gasteiger partial charge in [-0.15, -0.1) is 0 Å². The van der Waals surface area contributed by atoms with Gasteiger partial charge in [0, 0.05) is 18.5 Å². The van der Waals surface area contributed by atoms with Gasteiger partial charge in [-0.25, -0.2) is 0 Å². The summed E-state index contributed by atoms with van der Waals surface area (Å²) in [5.74, 6) is 0.710. The lowest BCUT2D eigenvalue weighted by atomic mass is 9.96. The first-order chi connectivity index (χ1) is 7.74.